The van der Waals surface area contributed by atoms with E-state index < -0.39 is 53.2 Å². The van der Waals surface area contributed by atoms with Crippen molar-refractivity contribution >= 4 is 36.3 Å². The van der Waals surface area contributed by atoms with Crippen LogP contribution in [0.3, 0.4) is 0 Å². The van der Waals surface area contributed by atoms with Crippen molar-refractivity contribution in [3.8, 4) is 0 Å². The van der Waals surface area contributed by atoms with E-state index in [4.69, 9.17) is 17.2 Å². The van der Waals surface area contributed by atoms with E-state index in [-0.39, 0.29) is 24.7 Å². The van der Waals surface area contributed by atoms with Crippen LogP contribution in [-0.2, 0) is 19.2 Å². The Kier molecular flexibility index (Phi) is 12.6. The summed E-state index contributed by atoms with van der Waals surface area (Å²) >= 11 is 4.16. The van der Waals surface area contributed by atoms with Crippen LogP contribution in [-0.4, -0.2) is 53.2 Å². The lowest BCUT2D eigenvalue weighted by atomic mass is 9.99. The van der Waals surface area contributed by atoms with E-state index in [1.165, 1.54) is 6.92 Å². The molecule has 11 heteroatoms. The predicted molar refractivity (Wildman–Crippen MR) is 119 cm³/mol. The second kappa shape index (κ2) is 13.5. The van der Waals surface area contributed by atoms with Crippen molar-refractivity contribution in [2.75, 3.05) is 0 Å². The molecule has 30 heavy (non-hydrogen) atoms. The SMILES string of the molecule is CC(C)C[C@H](NC(=O)[C@@H](NC(=O)[C@H](C)N)C(C)C)C(=O)N[C@@H](CCC(N)=O)C(N)S. The lowest BCUT2D eigenvalue weighted by Gasteiger charge is -2.28. The highest BCUT2D eigenvalue weighted by Crippen LogP contribution is 2.10. The first-order valence-electron chi connectivity index (χ1n) is 10.1. The Morgan fingerprint density at radius 3 is 1.83 bits per heavy atom. The van der Waals surface area contributed by atoms with E-state index in [9.17, 15) is 19.2 Å². The molecule has 4 amide bonds. The van der Waals surface area contributed by atoms with Gasteiger partial charge >= 0.3 is 0 Å². The van der Waals surface area contributed by atoms with Crippen molar-refractivity contribution in [2.24, 2.45) is 29.0 Å². The number of hydrogen-bond donors (Lipinski definition) is 7. The molecule has 0 rings (SSSR count). The van der Waals surface area contributed by atoms with Gasteiger partial charge in [0.25, 0.3) is 0 Å². The summed E-state index contributed by atoms with van der Waals surface area (Å²) in [5, 5.41) is 7.36. The molecule has 5 atom stereocenters. The van der Waals surface area contributed by atoms with Crippen molar-refractivity contribution in [3.63, 3.8) is 0 Å². The molecule has 0 aliphatic heterocycles. The fourth-order valence-electron chi connectivity index (χ4n) is 2.69. The summed E-state index contributed by atoms with van der Waals surface area (Å²) in [6.45, 7) is 8.91. The number of amides is 4. The highest BCUT2D eigenvalue weighted by molar-refractivity contribution is 7.80. The first-order valence-corrected chi connectivity index (χ1v) is 10.7. The van der Waals surface area contributed by atoms with Crippen LogP contribution in [0.25, 0.3) is 0 Å². The summed E-state index contributed by atoms with van der Waals surface area (Å²) in [5.41, 5.74) is 16.5. The Morgan fingerprint density at radius 2 is 1.43 bits per heavy atom. The molecular weight excluding hydrogens is 408 g/mol. The molecule has 0 aromatic rings. The van der Waals surface area contributed by atoms with Gasteiger partial charge in [0.15, 0.2) is 0 Å². The third-order valence-corrected chi connectivity index (χ3v) is 4.80. The molecule has 0 spiro atoms. The Labute approximate surface area is 184 Å². The molecule has 0 aromatic heterocycles. The maximum atomic E-state index is 12.9. The van der Waals surface area contributed by atoms with Gasteiger partial charge in [-0.25, -0.2) is 0 Å². The van der Waals surface area contributed by atoms with Gasteiger partial charge in [-0.3, -0.25) is 19.2 Å². The number of carbonyl (C=O) groups is 4. The van der Waals surface area contributed by atoms with E-state index >= 15 is 0 Å². The smallest absolute Gasteiger partial charge is 0.243 e. The Hall–Kier alpha value is -1.85. The first-order chi connectivity index (χ1) is 13.8. The molecule has 0 fully saturated rings. The minimum atomic E-state index is -0.853. The van der Waals surface area contributed by atoms with Crippen molar-refractivity contribution in [1.82, 2.24) is 16.0 Å². The molecule has 0 saturated carbocycles. The summed E-state index contributed by atoms with van der Waals surface area (Å²) in [7, 11) is 0. The predicted octanol–water partition coefficient (Wildman–Crippen LogP) is -1.03. The maximum Gasteiger partial charge on any atom is 0.243 e. The van der Waals surface area contributed by atoms with Crippen LogP contribution < -0.4 is 33.2 Å². The molecule has 0 aliphatic carbocycles. The van der Waals surface area contributed by atoms with Gasteiger partial charge in [-0.1, -0.05) is 27.7 Å². The van der Waals surface area contributed by atoms with Gasteiger partial charge < -0.3 is 33.2 Å². The molecule has 0 bridgehead atoms. The second-order valence-corrected chi connectivity index (χ2v) is 8.92. The van der Waals surface area contributed by atoms with Gasteiger partial charge in [-0.05, 0) is 31.6 Å². The summed E-state index contributed by atoms with van der Waals surface area (Å²) < 4.78 is 0. The molecule has 0 aliphatic rings. The number of carbonyl (C=O) groups excluding carboxylic acids is 4. The monoisotopic (exact) mass is 446 g/mol. The Bertz CT molecular complexity index is 598. The maximum absolute atomic E-state index is 12.9. The zero-order chi connectivity index (χ0) is 23.6. The van der Waals surface area contributed by atoms with Crippen LogP contribution in [0.1, 0.15) is 53.9 Å². The third-order valence-electron chi connectivity index (χ3n) is 4.44. The van der Waals surface area contributed by atoms with Gasteiger partial charge in [0.05, 0.1) is 17.5 Å². The topological polar surface area (TPSA) is 182 Å². The second-order valence-electron chi connectivity index (χ2n) is 8.32. The van der Waals surface area contributed by atoms with Gasteiger partial charge in [-0.15, -0.1) is 0 Å². The van der Waals surface area contributed by atoms with E-state index in [0.29, 0.717) is 6.42 Å². The van der Waals surface area contributed by atoms with Crippen molar-refractivity contribution in [2.45, 2.75) is 83.4 Å². The molecule has 0 heterocycles. The standard InChI is InChI=1S/C19H38N6O4S/c1-9(2)8-13(18(28)23-12(16(22)30)6-7-14(21)26)24-19(29)15(10(3)4)25-17(27)11(5)20/h9-13,15-16,30H,6-8,20,22H2,1-5H3,(H2,21,26)(H,23,28)(H,24,29)(H,25,27)/t11-,12-,13-,15-,16?/m0/s1. The number of nitrogens with one attached hydrogen (secondary N) is 3. The fraction of sp³-hybridized carbons (Fsp3) is 0.789. The fourth-order valence-corrected chi connectivity index (χ4v) is 2.92. The number of primary amides is 1. The quantitative estimate of drug-likeness (QED) is 0.140. The van der Waals surface area contributed by atoms with E-state index in [2.05, 4.69) is 28.6 Å². The lowest BCUT2D eigenvalue weighted by molar-refractivity contribution is -0.133. The highest BCUT2D eigenvalue weighted by Gasteiger charge is 2.31. The first kappa shape index (κ1) is 28.1. The summed E-state index contributed by atoms with van der Waals surface area (Å²) in [6.07, 6.45) is 0.639. The average molecular weight is 447 g/mol. The van der Waals surface area contributed by atoms with Crippen LogP contribution in [0.4, 0.5) is 0 Å². The number of hydrogen-bond acceptors (Lipinski definition) is 7. The zero-order valence-corrected chi connectivity index (χ0v) is 19.4. The third kappa shape index (κ3) is 10.8. The molecule has 0 saturated heterocycles. The van der Waals surface area contributed by atoms with Crippen LogP contribution >= 0.6 is 12.6 Å². The number of nitrogens with two attached hydrogens (primary N) is 3. The minimum absolute atomic E-state index is 0.0408. The van der Waals surface area contributed by atoms with Crippen molar-refractivity contribution in [3.05, 3.63) is 0 Å². The van der Waals surface area contributed by atoms with Crippen LogP contribution in [0.2, 0.25) is 0 Å². The van der Waals surface area contributed by atoms with Gasteiger partial charge in [0.1, 0.15) is 12.1 Å². The molecule has 1 unspecified atom stereocenters. The molecule has 9 N–H and O–H groups in total. The largest absolute Gasteiger partial charge is 0.370 e. The normalized spacial score (nSPS) is 16.3. The molecular formula is C19H38N6O4S. The summed E-state index contributed by atoms with van der Waals surface area (Å²) in [6, 6.07) is -3.06. The van der Waals surface area contributed by atoms with Gasteiger partial charge in [0.2, 0.25) is 23.6 Å². The molecule has 0 aromatic carbocycles. The minimum Gasteiger partial charge on any atom is -0.370 e. The Balaban J connectivity index is 5.35. The zero-order valence-electron chi connectivity index (χ0n) is 18.5. The van der Waals surface area contributed by atoms with Crippen LogP contribution in [0, 0.1) is 11.8 Å². The number of rotatable bonds is 13. The van der Waals surface area contributed by atoms with Gasteiger partial charge in [0, 0.05) is 6.42 Å². The molecule has 174 valence electrons. The molecule has 0 radical (unpaired) electrons. The average Bonchev–Trinajstić information content (AvgIpc) is 2.60. The van der Waals surface area contributed by atoms with E-state index in [1.54, 1.807) is 13.8 Å². The van der Waals surface area contributed by atoms with E-state index in [1.807, 2.05) is 13.8 Å². The van der Waals surface area contributed by atoms with Gasteiger partial charge in [-0.2, -0.15) is 12.6 Å². The summed E-state index contributed by atoms with van der Waals surface area (Å²) in [5.74, 6) is -2.02. The van der Waals surface area contributed by atoms with E-state index in [0.717, 1.165) is 0 Å². The lowest BCUT2D eigenvalue weighted by Crippen LogP contribution is -2.58. The molecule has 10 nitrogen and oxygen atoms in total. The van der Waals surface area contributed by atoms with Crippen LogP contribution in [0.15, 0.2) is 0 Å². The van der Waals surface area contributed by atoms with Crippen molar-refractivity contribution in [1.29, 1.82) is 0 Å². The number of thiol groups is 1. The Morgan fingerprint density at radius 1 is 0.867 bits per heavy atom. The van der Waals surface area contributed by atoms with Crippen LogP contribution in [0.5, 0.6) is 0 Å². The highest BCUT2D eigenvalue weighted by atomic mass is 32.1. The van der Waals surface area contributed by atoms with Crippen molar-refractivity contribution < 1.29 is 19.2 Å². The summed E-state index contributed by atoms with van der Waals surface area (Å²) in [4.78, 5) is 48.7.